The average Bonchev–Trinajstić information content (AvgIpc) is 3.29. The number of nitrogens with zero attached hydrogens (tertiary/aromatic N) is 3. The Balaban J connectivity index is 1.64. The molecule has 0 radical (unpaired) electrons. The molecule has 0 saturated carbocycles. The zero-order chi connectivity index (χ0) is 19.3. The molecule has 0 bridgehead atoms. The third-order valence-electron chi connectivity index (χ3n) is 4.87. The quantitative estimate of drug-likeness (QED) is 0.499. The van der Waals surface area contributed by atoms with E-state index in [1.165, 1.54) is 6.07 Å². The highest BCUT2D eigenvalue weighted by Crippen LogP contribution is 2.34. The normalized spacial score (nSPS) is 13.1. The lowest BCUT2D eigenvalue weighted by atomic mass is 10.1. The molecular formula is C20H14ClF2N5. The molecule has 4 aromatic rings. The third-order valence-corrected chi connectivity index (χ3v) is 5.20. The first-order valence-electron chi connectivity index (χ1n) is 8.85. The summed E-state index contributed by atoms with van der Waals surface area (Å²) in [7, 11) is 0. The fraction of sp³-hybridized carbons (Fsp3) is 0.150. The SMILES string of the molecule is Fc1cc(F)c2[nH]nc(Nc3nc(-c4ccccc4Cl)nc4c3CCC4)c2c1. The zero-order valence-corrected chi connectivity index (χ0v) is 15.3. The first-order chi connectivity index (χ1) is 13.6. The highest BCUT2D eigenvalue weighted by molar-refractivity contribution is 6.33. The van der Waals surface area contributed by atoms with Gasteiger partial charge in [0.15, 0.2) is 17.5 Å². The van der Waals surface area contributed by atoms with Gasteiger partial charge in [0.2, 0.25) is 0 Å². The number of aryl methyl sites for hydroxylation is 1. The van der Waals surface area contributed by atoms with Crippen LogP contribution in [0.5, 0.6) is 0 Å². The van der Waals surface area contributed by atoms with Crippen LogP contribution in [0.25, 0.3) is 22.3 Å². The van der Waals surface area contributed by atoms with Gasteiger partial charge in [-0.25, -0.2) is 18.7 Å². The van der Waals surface area contributed by atoms with E-state index in [2.05, 4.69) is 25.5 Å². The van der Waals surface area contributed by atoms with Crippen LogP contribution in [0.2, 0.25) is 5.02 Å². The van der Waals surface area contributed by atoms with Gasteiger partial charge in [-0.05, 0) is 37.5 Å². The fourth-order valence-electron chi connectivity index (χ4n) is 3.55. The summed E-state index contributed by atoms with van der Waals surface area (Å²) in [6, 6.07) is 9.42. The Morgan fingerprint density at radius 3 is 2.75 bits per heavy atom. The Morgan fingerprint density at radius 1 is 1.04 bits per heavy atom. The van der Waals surface area contributed by atoms with E-state index in [1.807, 2.05) is 18.2 Å². The molecule has 0 saturated heterocycles. The van der Waals surface area contributed by atoms with E-state index in [0.29, 0.717) is 27.9 Å². The molecule has 5 rings (SSSR count). The molecule has 0 aliphatic heterocycles. The average molecular weight is 398 g/mol. The van der Waals surface area contributed by atoms with Gasteiger partial charge in [0, 0.05) is 22.9 Å². The molecule has 140 valence electrons. The van der Waals surface area contributed by atoms with Crippen molar-refractivity contribution in [2.24, 2.45) is 0 Å². The molecule has 2 aromatic heterocycles. The van der Waals surface area contributed by atoms with Crippen molar-refractivity contribution in [2.75, 3.05) is 5.32 Å². The molecule has 28 heavy (non-hydrogen) atoms. The van der Waals surface area contributed by atoms with Crippen LogP contribution in [0.4, 0.5) is 20.4 Å². The van der Waals surface area contributed by atoms with E-state index >= 15 is 0 Å². The Kier molecular flexibility index (Phi) is 3.98. The molecule has 0 amide bonds. The maximum Gasteiger partial charge on any atom is 0.163 e. The van der Waals surface area contributed by atoms with Crippen molar-refractivity contribution in [3.05, 3.63) is 64.3 Å². The van der Waals surface area contributed by atoms with Gasteiger partial charge in [0.05, 0.1) is 10.4 Å². The Bertz CT molecular complexity index is 1220. The largest absolute Gasteiger partial charge is 0.323 e. The summed E-state index contributed by atoms with van der Waals surface area (Å²) < 4.78 is 27.7. The number of halogens is 3. The Labute approximate surface area is 163 Å². The van der Waals surface area contributed by atoms with Gasteiger partial charge < -0.3 is 5.32 Å². The fourth-order valence-corrected chi connectivity index (χ4v) is 3.77. The Morgan fingerprint density at radius 2 is 1.89 bits per heavy atom. The second kappa shape index (κ2) is 6.53. The van der Waals surface area contributed by atoms with E-state index in [0.717, 1.165) is 42.1 Å². The molecule has 2 heterocycles. The summed E-state index contributed by atoms with van der Waals surface area (Å²) in [6.07, 6.45) is 2.63. The molecule has 1 aliphatic rings. The summed E-state index contributed by atoms with van der Waals surface area (Å²) in [5, 5.41) is 10.7. The van der Waals surface area contributed by atoms with Crippen LogP contribution in [-0.2, 0) is 12.8 Å². The summed E-state index contributed by atoms with van der Waals surface area (Å²) >= 11 is 6.32. The lowest BCUT2D eigenvalue weighted by Gasteiger charge is -2.12. The van der Waals surface area contributed by atoms with Crippen molar-refractivity contribution in [3.8, 4) is 11.4 Å². The number of benzene rings is 2. The van der Waals surface area contributed by atoms with Crippen LogP contribution in [0.15, 0.2) is 36.4 Å². The second-order valence-corrected chi connectivity index (χ2v) is 7.07. The minimum Gasteiger partial charge on any atom is -0.323 e. The van der Waals surface area contributed by atoms with Gasteiger partial charge in [0.1, 0.15) is 17.2 Å². The minimum atomic E-state index is -0.694. The summed E-state index contributed by atoms with van der Waals surface area (Å²) in [6.45, 7) is 0. The van der Waals surface area contributed by atoms with Gasteiger partial charge >= 0.3 is 0 Å². The van der Waals surface area contributed by atoms with Gasteiger partial charge in [-0.1, -0.05) is 23.7 Å². The molecule has 0 atom stereocenters. The van der Waals surface area contributed by atoms with Crippen LogP contribution in [-0.4, -0.2) is 20.2 Å². The predicted molar refractivity (Wildman–Crippen MR) is 104 cm³/mol. The van der Waals surface area contributed by atoms with Gasteiger partial charge in [-0.2, -0.15) is 5.10 Å². The molecular weight excluding hydrogens is 384 g/mol. The molecule has 0 unspecified atom stereocenters. The van der Waals surface area contributed by atoms with E-state index < -0.39 is 11.6 Å². The Hall–Kier alpha value is -3.06. The molecule has 8 heteroatoms. The summed E-state index contributed by atoms with van der Waals surface area (Å²) in [5.74, 6) is 0.0343. The third kappa shape index (κ3) is 2.79. The standard InChI is InChI=1S/C20H14ClF2N5/c21-14-6-2-1-4-11(14)18-24-16-7-3-5-12(16)19(25-18)26-20-13-8-10(22)9-15(23)17(13)27-28-20/h1-2,4,6,8-9H,3,5,7H2,(H2,24,25,26,27,28). The van der Waals surface area contributed by atoms with Gasteiger partial charge in [-0.15, -0.1) is 0 Å². The number of rotatable bonds is 3. The van der Waals surface area contributed by atoms with Crippen LogP contribution < -0.4 is 5.32 Å². The van der Waals surface area contributed by atoms with Crippen molar-refractivity contribution < 1.29 is 8.78 Å². The number of hydrogen-bond acceptors (Lipinski definition) is 4. The van der Waals surface area contributed by atoms with E-state index in [1.54, 1.807) is 6.07 Å². The molecule has 0 spiro atoms. The number of fused-ring (bicyclic) bond motifs is 2. The van der Waals surface area contributed by atoms with Crippen LogP contribution in [0, 0.1) is 11.6 Å². The van der Waals surface area contributed by atoms with Crippen molar-refractivity contribution in [1.29, 1.82) is 0 Å². The van der Waals surface area contributed by atoms with Crippen molar-refractivity contribution in [1.82, 2.24) is 20.2 Å². The summed E-state index contributed by atoms with van der Waals surface area (Å²) in [5.41, 5.74) is 2.81. The van der Waals surface area contributed by atoms with Crippen LogP contribution in [0.3, 0.4) is 0 Å². The monoisotopic (exact) mass is 397 g/mol. The predicted octanol–water partition coefficient (Wildman–Crippen LogP) is 5.18. The number of H-pyrrole nitrogens is 1. The number of aromatic nitrogens is 4. The smallest absolute Gasteiger partial charge is 0.163 e. The highest BCUT2D eigenvalue weighted by atomic mass is 35.5. The van der Waals surface area contributed by atoms with Crippen LogP contribution >= 0.6 is 11.6 Å². The zero-order valence-electron chi connectivity index (χ0n) is 14.6. The van der Waals surface area contributed by atoms with Crippen molar-refractivity contribution in [3.63, 3.8) is 0 Å². The molecule has 2 N–H and O–H groups in total. The number of nitrogens with one attached hydrogen (secondary N) is 2. The number of anilines is 2. The number of hydrogen-bond donors (Lipinski definition) is 2. The van der Waals surface area contributed by atoms with Crippen molar-refractivity contribution >= 4 is 34.1 Å². The maximum absolute atomic E-state index is 14.0. The topological polar surface area (TPSA) is 66.5 Å². The second-order valence-electron chi connectivity index (χ2n) is 6.66. The molecule has 2 aromatic carbocycles. The minimum absolute atomic E-state index is 0.140. The molecule has 1 aliphatic carbocycles. The van der Waals surface area contributed by atoms with Gasteiger partial charge in [0.25, 0.3) is 0 Å². The van der Waals surface area contributed by atoms with Gasteiger partial charge in [-0.3, -0.25) is 5.10 Å². The highest BCUT2D eigenvalue weighted by Gasteiger charge is 2.22. The van der Waals surface area contributed by atoms with Crippen molar-refractivity contribution in [2.45, 2.75) is 19.3 Å². The first kappa shape index (κ1) is 17.1. The van der Waals surface area contributed by atoms with E-state index in [4.69, 9.17) is 11.6 Å². The van der Waals surface area contributed by atoms with E-state index in [9.17, 15) is 8.78 Å². The molecule has 5 nitrogen and oxygen atoms in total. The van der Waals surface area contributed by atoms with E-state index in [-0.39, 0.29) is 5.52 Å². The lowest BCUT2D eigenvalue weighted by molar-refractivity contribution is 0.590. The first-order valence-corrected chi connectivity index (χ1v) is 9.23. The summed E-state index contributed by atoms with van der Waals surface area (Å²) in [4.78, 5) is 9.34. The maximum atomic E-state index is 14.0. The lowest BCUT2D eigenvalue weighted by Crippen LogP contribution is -2.04. The number of aromatic amines is 1. The molecule has 0 fully saturated rings. The van der Waals surface area contributed by atoms with Crippen LogP contribution in [0.1, 0.15) is 17.7 Å².